The Balaban J connectivity index is 2.47. The summed E-state index contributed by atoms with van der Waals surface area (Å²) < 4.78 is 5.02. The third-order valence-electron chi connectivity index (χ3n) is 2.04. The molecule has 84 valence electrons. The third-order valence-corrected chi connectivity index (χ3v) is 2.14. The monoisotopic (exact) mass is 229 g/mol. The average Bonchev–Trinajstić information content (AvgIpc) is 2.42. The van der Waals surface area contributed by atoms with Crippen molar-refractivity contribution in [1.29, 1.82) is 0 Å². The van der Waals surface area contributed by atoms with E-state index in [2.05, 4.69) is 23.1 Å². The fraction of sp³-hybridized carbons (Fsp3) is 0.556. The lowest BCUT2D eigenvalue weighted by atomic mass is 10.0. The van der Waals surface area contributed by atoms with Gasteiger partial charge in [-0.05, 0) is 32.1 Å². The van der Waals surface area contributed by atoms with Gasteiger partial charge in [-0.25, -0.2) is 0 Å². The Morgan fingerprint density at radius 1 is 1.67 bits per heavy atom. The molecule has 1 aliphatic heterocycles. The maximum atomic E-state index is 11.3. The van der Waals surface area contributed by atoms with Gasteiger partial charge in [-0.1, -0.05) is 0 Å². The minimum absolute atomic E-state index is 0.00454. The Kier molecular flexibility index (Phi) is 3.90. The molecule has 0 spiro atoms. The first-order valence-electron chi connectivity index (χ1n) is 4.69. The van der Waals surface area contributed by atoms with Gasteiger partial charge in [0.25, 0.3) is 0 Å². The van der Waals surface area contributed by atoms with E-state index in [1.807, 2.05) is 13.8 Å². The van der Waals surface area contributed by atoms with Crippen molar-refractivity contribution in [2.75, 3.05) is 0 Å². The van der Waals surface area contributed by atoms with E-state index in [0.717, 1.165) is 5.70 Å². The second-order valence-corrected chi connectivity index (χ2v) is 3.99. The molecule has 4 N–H and O–H groups in total. The molecule has 1 saturated heterocycles. The highest BCUT2D eigenvalue weighted by Crippen LogP contribution is 2.22. The topological polar surface area (TPSA) is 76.4 Å². The van der Waals surface area contributed by atoms with Crippen LogP contribution in [0.1, 0.15) is 20.3 Å². The molecule has 1 fully saturated rings. The van der Waals surface area contributed by atoms with Gasteiger partial charge in [-0.3, -0.25) is 10.2 Å². The van der Waals surface area contributed by atoms with Crippen LogP contribution < -0.4 is 16.6 Å². The maximum Gasteiger partial charge on any atom is 0.313 e. The summed E-state index contributed by atoms with van der Waals surface area (Å²) in [6, 6.07) is 0. The summed E-state index contributed by atoms with van der Waals surface area (Å²) in [6.07, 6.45) is 2.51. The predicted molar refractivity (Wildman–Crippen MR) is 60.5 cm³/mol. The van der Waals surface area contributed by atoms with E-state index in [0.29, 0.717) is 6.42 Å². The number of esters is 1. The highest BCUT2D eigenvalue weighted by Gasteiger charge is 2.29. The van der Waals surface area contributed by atoms with Crippen molar-refractivity contribution in [3.8, 4) is 0 Å². The minimum atomic E-state index is -0.182. The Bertz CT molecular complexity index is 304. The number of hydrazine groups is 1. The number of hydrogen-bond acceptors (Lipinski definition) is 4. The number of hydrogen-bond donors (Lipinski definition) is 3. The first-order chi connectivity index (χ1) is 6.99. The highest BCUT2D eigenvalue weighted by atomic mass is 32.1. The summed E-state index contributed by atoms with van der Waals surface area (Å²) in [5.41, 5.74) is 11.4. The van der Waals surface area contributed by atoms with Crippen molar-refractivity contribution in [2.45, 2.75) is 26.4 Å². The molecule has 0 aromatic carbocycles. The van der Waals surface area contributed by atoms with E-state index in [1.165, 1.54) is 0 Å². The zero-order chi connectivity index (χ0) is 11.4. The number of nitrogens with two attached hydrogens (primary N) is 1. The molecular formula is C9H15N3O2S. The SMILES string of the molecule is CC(=CC1CC(C)OC1=O)NNC(N)=S. The normalized spacial score (nSPS) is 26.0. The third kappa shape index (κ3) is 3.75. The summed E-state index contributed by atoms with van der Waals surface area (Å²) >= 11 is 4.62. The summed E-state index contributed by atoms with van der Waals surface area (Å²) in [5.74, 6) is -0.361. The molecule has 0 bridgehead atoms. The first kappa shape index (κ1) is 11.8. The number of thiocarbonyl (C=S) groups is 1. The summed E-state index contributed by atoms with van der Waals surface area (Å²) in [7, 11) is 0. The van der Waals surface area contributed by atoms with Gasteiger partial charge in [0.1, 0.15) is 6.10 Å². The lowest BCUT2D eigenvalue weighted by Crippen LogP contribution is -2.39. The molecule has 2 atom stereocenters. The van der Waals surface area contributed by atoms with Crippen LogP contribution in [-0.2, 0) is 9.53 Å². The van der Waals surface area contributed by atoms with Gasteiger partial charge in [0.05, 0.1) is 5.92 Å². The van der Waals surface area contributed by atoms with Crippen LogP contribution in [0.15, 0.2) is 11.8 Å². The number of allylic oxidation sites excluding steroid dienone is 1. The molecule has 6 heteroatoms. The second-order valence-electron chi connectivity index (χ2n) is 3.55. The number of carbonyl (C=O) groups is 1. The number of rotatable bonds is 3. The van der Waals surface area contributed by atoms with E-state index >= 15 is 0 Å². The van der Waals surface area contributed by atoms with Gasteiger partial charge in [0.15, 0.2) is 5.11 Å². The van der Waals surface area contributed by atoms with Crippen LogP contribution in [0.2, 0.25) is 0 Å². The molecule has 1 aliphatic rings. The summed E-state index contributed by atoms with van der Waals surface area (Å²) in [5, 5.41) is 0.158. The molecule has 0 aromatic heterocycles. The zero-order valence-electron chi connectivity index (χ0n) is 8.74. The van der Waals surface area contributed by atoms with Crippen LogP contribution in [0.3, 0.4) is 0 Å². The molecule has 0 aromatic rings. The van der Waals surface area contributed by atoms with Crippen LogP contribution in [-0.4, -0.2) is 17.2 Å². The molecule has 15 heavy (non-hydrogen) atoms. The van der Waals surface area contributed by atoms with Crippen molar-refractivity contribution in [3.63, 3.8) is 0 Å². The van der Waals surface area contributed by atoms with Gasteiger partial charge < -0.3 is 15.9 Å². The van der Waals surface area contributed by atoms with E-state index in [-0.39, 0.29) is 23.1 Å². The lowest BCUT2D eigenvalue weighted by molar-refractivity contribution is -0.142. The van der Waals surface area contributed by atoms with Crippen molar-refractivity contribution >= 4 is 23.3 Å². The van der Waals surface area contributed by atoms with Crippen LogP contribution >= 0.6 is 12.2 Å². The molecule has 0 amide bonds. The standard InChI is InChI=1S/C9H15N3O2S/c1-5(11-12-9(10)15)3-7-4-6(2)14-8(7)13/h3,6-7,11H,4H2,1-2H3,(H3,10,12,15). The Hall–Kier alpha value is -1.30. The number of nitrogens with one attached hydrogen (secondary N) is 2. The van der Waals surface area contributed by atoms with E-state index in [4.69, 9.17) is 10.5 Å². The maximum absolute atomic E-state index is 11.3. The zero-order valence-corrected chi connectivity index (χ0v) is 9.56. The van der Waals surface area contributed by atoms with Gasteiger partial charge in [0, 0.05) is 12.1 Å². The van der Waals surface area contributed by atoms with E-state index in [9.17, 15) is 4.79 Å². The smallest absolute Gasteiger partial charge is 0.313 e. The Morgan fingerprint density at radius 3 is 2.80 bits per heavy atom. The van der Waals surface area contributed by atoms with Crippen LogP contribution in [0.4, 0.5) is 0 Å². The number of carbonyl (C=O) groups excluding carboxylic acids is 1. The molecule has 1 rings (SSSR count). The van der Waals surface area contributed by atoms with Crippen molar-refractivity contribution in [3.05, 3.63) is 11.8 Å². The van der Waals surface area contributed by atoms with Gasteiger partial charge in [-0.2, -0.15) is 0 Å². The largest absolute Gasteiger partial charge is 0.462 e. The number of cyclic esters (lactones) is 1. The van der Waals surface area contributed by atoms with Crippen molar-refractivity contribution < 1.29 is 9.53 Å². The average molecular weight is 229 g/mol. The molecule has 0 aliphatic carbocycles. The Labute approximate surface area is 94.0 Å². The lowest BCUT2D eigenvalue weighted by Gasteiger charge is -2.08. The second kappa shape index (κ2) is 4.97. The van der Waals surface area contributed by atoms with Crippen LogP contribution in [0, 0.1) is 5.92 Å². The molecule has 0 radical (unpaired) electrons. The molecule has 0 saturated carbocycles. The molecule has 2 unspecified atom stereocenters. The quantitative estimate of drug-likeness (QED) is 0.364. The van der Waals surface area contributed by atoms with E-state index in [1.54, 1.807) is 6.08 Å². The highest BCUT2D eigenvalue weighted by molar-refractivity contribution is 7.80. The number of ether oxygens (including phenoxy) is 1. The van der Waals surface area contributed by atoms with E-state index < -0.39 is 0 Å². The van der Waals surface area contributed by atoms with Gasteiger partial charge in [0.2, 0.25) is 0 Å². The molecular weight excluding hydrogens is 214 g/mol. The van der Waals surface area contributed by atoms with Crippen molar-refractivity contribution in [2.24, 2.45) is 11.7 Å². The van der Waals surface area contributed by atoms with Gasteiger partial charge >= 0.3 is 5.97 Å². The molecule has 5 nitrogen and oxygen atoms in total. The molecule has 1 heterocycles. The first-order valence-corrected chi connectivity index (χ1v) is 5.10. The van der Waals surface area contributed by atoms with Gasteiger partial charge in [-0.15, -0.1) is 0 Å². The predicted octanol–water partition coefficient (Wildman–Crippen LogP) is 0.180. The Morgan fingerprint density at radius 2 is 2.33 bits per heavy atom. The minimum Gasteiger partial charge on any atom is -0.462 e. The van der Waals surface area contributed by atoms with Crippen LogP contribution in [0.5, 0.6) is 0 Å². The summed E-state index contributed by atoms with van der Waals surface area (Å²) in [4.78, 5) is 11.3. The van der Waals surface area contributed by atoms with Crippen LogP contribution in [0.25, 0.3) is 0 Å². The fourth-order valence-corrected chi connectivity index (χ4v) is 1.48. The fourth-order valence-electron chi connectivity index (χ4n) is 1.43. The summed E-state index contributed by atoms with van der Waals surface area (Å²) in [6.45, 7) is 3.70. The van der Waals surface area contributed by atoms with Crippen molar-refractivity contribution in [1.82, 2.24) is 10.9 Å².